The molecule has 6 rings (SSSR count). The predicted octanol–water partition coefficient (Wildman–Crippen LogP) is 4.32. The molecule has 0 radical (unpaired) electrons. The molecule has 3 aliphatic rings. The summed E-state index contributed by atoms with van der Waals surface area (Å²) in [7, 11) is 0. The van der Waals surface area contributed by atoms with Gasteiger partial charge in [-0.2, -0.15) is 4.98 Å². The molecule has 3 aliphatic heterocycles. The molecule has 12 heteroatoms. The van der Waals surface area contributed by atoms with Gasteiger partial charge in [-0.15, -0.1) is 0 Å². The summed E-state index contributed by atoms with van der Waals surface area (Å²) in [4.78, 5) is 43.7. The Kier molecular flexibility index (Phi) is 6.94. The molecule has 2 aromatic heterocycles. The second-order valence-electron chi connectivity index (χ2n) is 11.1. The van der Waals surface area contributed by atoms with Gasteiger partial charge in [-0.05, 0) is 51.8 Å². The van der Waals surface area contributed by atoms with E-state index in [0.29, 0.717) is 54.8 Å². The van der Waals surface area contributed by atoms with Gasteiger partial charge in [-0.1, -0.05) is 12.1 Å². The number of hydrogen-bond donors (Lipinski definition) is 2. The van der Waals surface area contributed by atoms with Crippen LogP contribution in [-0.4, -0.2) is 75.8 Å². The van der Waals surface area contributed by atoms with Gasteiger partial charge in [-0.25, -0.2) is 14.2 Å². The molecule has 2 fully saturated rings. The van der Waals surface area contributed by atoms with Crippen LogP contribution in [-0.2, 0) is 4.74 Å². The first kappa shape index (κ1) is 26.9. The zero-order chi connectivity index (χ0) is 28.7. The number of urea groups is 1. The predicted molar refractivity (Wildman–Crippen MR) is 151 cm³/mol. The minimum absolute atomic E-state index is 0.0179. The van der Waals surface area contributed by atoms with E-state index >= 15 is 0 Å². The van der Waals surface area contributed by atoms with Gasteiger partial charge in [0.25, 0.3) is 5.91 Å². The lowest BCUT2D eigenvalue weighted by Crippen LogP contribution is -2.47. The standard InChI is InChI=1S/C29H32FN7O4/c1-4-36-16-29(2,3)41-25-23(26(36)38)24(34-27(35-25)37-19-9-10-20(37)15-40-14-19)17-5-7-18(8-6-17)32-28(39)33-22-11-12-31-13-21(22)30/h5-8,11-13,19-20H,4,9-10,14-16H2,1-3H3,(H2,31,32,33,39)/t19-,20+. The lowest BCUT2D eigenvalue weighted by Gasteiger charge is -2.35. The second kappa shape index (κ2) is 10.6. The molecule has 41 heavy (non-hydrogen) atoms. The van der Waals surface area contributed by atoms with Crippen LogP contribution in [0.15, 0.2) is 42.7 Å². The fraction of sp³-hybridized carbons (Fsp3) is 0.414. The number of pyridine rings is 1. The number of benzene rings is 1. The van der Waals surface area contributed by atoms with E-state index in [1.165, 1.54) is 12.3 Å². The molecule has 11 nitrogen and oxygen atoms in total. The zero-order valence-corrected chi connectivity index (χ0v) is 23.2. The minimum atomic E-state index is -0.654. The van der Waals surface area contributed by atoms with Crippen LogP contribution in [0.25, 0.3) is 11.3 Å². The number of nitrogens with zero attached hydrogens (tertiary/aromatic N) is 5. The van der Waals surface area contributed by atoms with Crippen LogP contribution in [0, 0.1) is 5.82 Å². The zero-order valence-electron chi connectivity index (χ0n) is 23.2. The molecular formula is C29H32FN7O4. The minimum Gasteiger partial charge on any atom is -0.469 e. The average molecular weight is 562 g/mol. The number of morpholine rings is 1. The van der Waals surface area contributed by atoms with Gasteiger partial charge >= 0.3 is 6.03 Å². The number of aromatic nitrogens is 3. The molecule has 1 aromatic carbocycles. The monoisotopic (exact) mass is 561 g/mol. The molecule has 2 bridgehead atoms. The molecule has 0 unspecified atom stereocenters. The summed E-state index contributed by atoms with van der Waals surface area (Å²) in [5, 5.41) is 5.16. The third kappa shape index (κ3) is 5.26. The third-order valence-electron chi connectivity index (χ3n) is 7.60. The third-order valence-corrected chi connectivity index (χ3v) is 7.60. The Labute approximate surface area is 237 Å². The summed E-state index contributed by atoms with van der Waals surface area (Å²) in [5.74, 6) is -0.0458. The van der Waals surface area contributed by atoms with E-state index in [1.807, 2.05) is 20.8 Å². The van der Waals surface area contributed by atoms with E-state index in [-0.39, 0.29) is 29.6 Å². The fourth-order valence-corrected chi connectivity index (χ4v) is 5.69. The van der Waals surface area contributed by atoms with Crippen molar-refractivity contribution in [2.45, 2.75) is 51.3 Å². The van der Waals surface area contributed by atoms with Gasteiger partial charge in [0, 0.05) is 24.0 Å². The molecular weight excluding hydrogens is 529 g/mol. The highest BCUT2D eigenvalue weighted by Gasteiger charge is 2.42. The molecule has 2 saturated heterocycles. The van der Waals surface area contributed by atoms with Crippen molar-refractivity contribution in [2.24, 2.45) is 0 Å². The number of hydrogen-bond acceptors (Lipinski definition) is 8. The van der Waals surface area contributed by atoms with Crippen molar-refractivity contribution in [3.63, 3.8) is 0 Å². The molecule has 0 saturated carbocycles. The molecule has 2 N–H and O–H groups in total. The van der Waals surface area contributed by atoms with Crippen molar-refractivity contribution in [3.05, 3.63) is 54.1 Å². The number of carbonyl (C=O) groups is 2. The van der Waals surface area contributed by atoms with E-state index in [9.17, 15) is 14.0 Å². The van der Waals surface area contributed by atoms with Crippen LogP contribution in [0.3, 0.4) is 0 Å². The van der Waals surface area contributed by atoms with Crippen LogP contribution >= 0.6 is 0 Å². The number of likely N-dealkylation sites (N-methyl/N-ethyl adjacent to an activating group) is 1. The van der Waals surface area contributed by atoms with Crippen molar-refractivity contribution in [1.82, 2.24) is 19.9 Å². The first-order valence-corrected chi connectivity index (χ1v) is 13.8. The Bertz CT molecular complexity index is 1470. The number of halogens is 1. The molecule has 2 atom stereocenters. The van der Waals surface area contributed by atoms with Crippen molar-refractivity contribution >= 4 is 29.3 Å². The van der Waals surface area contributed by atoms with E-state index in [2.05, 4.69) is 20.5 Å². The maximum Gasteiger partial charge on any atom is 0.323 e. The highest BCUT2D eigenvalue weighted by molar-refractivity contribution is 6.03. The number of fused-ring (bicyclic) bond motifs is 3. The quantitative estimate of drug-likeness (QED) is 0.472. The Morgan fingerprint density at radius 2 is 1.83 bits per heavy atom. The molecule has 5 heterocycles. The lowest BCUT2D eigenvalue weighted by atomic mass is 10.0. The summed E-state index contributed by atoms with van der Waals surface area (Å²) < 4.78 is 26.1. The largest absolute Gasteiger partial charge is 0.469 e. The van der Waals surface area contributed by atoms with E-state index in [4.69, 9.17) is 19.4 Å². The van der Waals surface area contributed by atoms with Gasteiger partial charge < -0.3 is 29.9 Å². The second-order valence-corrected chi connectivity index (χ2v) is 11.1. The summed E-state index contributed by atoms with van der Waals surface area (Å²) in [6, 6.07) is 8.06. The van der Waals surface area contributed by atoms with Gasteiger partial charge in [0.1, 0.15) is 11.2 Å². The van der Waals surface area contributed by atoms with Gasteiger partial charge in [0.05, 0.1) is 49.4 Å². The number of ether oxygens (including phenoxy) is 2. The Hall–Kier alpha value is -4.32. The highest BCUT2D eigenvalue weighted by atomic mass is 19.1. The van der Waals surface area contributed by atoms with Crippen molar-refractivity contribution < 1.29 is 23.5 Å². The summed E-state index contributed by atoms with van der Waals surface area (Å²) >= 11 is 0. The summed E-state index contributed by atoms with van der Waals surface area (Å²) in [6.07, 6.45) is 4.39. The molecule has 214 valence electrons. The van der Waals surface area contributed by atoms with Crippen LogP contribution in [0.2, 0.25) is 0 Å². The Morgan fingerprint density at radius 3 is 2.51 bits per heavy atom. The maximum atomic E-state index is 13.9. The van der Waals surface area contributed by atoms with Crippen LogP contribution in [0.4, 0.5) is 26.5 Å². The number of anilines is 3. The normalized spacial score (nSPS) is 21.1. The average Bonchev–Trinajstić information content (AvgIpc) is 3.14. The van der Waals surface area contributed by atoms with E-state index in [1.54, 1.807) is 29.2 Å². The molecule has 3 aromatic rings. The maximum absolute atomic E-state index is 13.9. The molecule has 0 spiro atoms. The fourth-order valence-electron chi connectivity index (χ4n) is 5.69. The SMILES string of the molecule is CCN1CC(C)(C)Oc2nc(N3[C@@H]4CC[C@H]3COC4)nc(-c3ccc(NC(=O)Nc4ccncc4F)cc3)c2C1=O. The Balaban J connectivity index is 1.36. The van der Waals surface area contributed by atoms with Crippen LogP contribution in [0.5, 0.6) is 5.88 Å². The number of rotatable bonds is 5. The topological polar surface area (TPSA) is 122 Å². The molecule has 0 aliphatic carbocycles. The van der Waals surface area contributed by atoms with Crippen molar-refractivity contribution in [3.8, 4) is 17.1 Å². The van der Waals surface area contributed by atoms with Crippen LogP contribution in [0.1, 0.15) is 44.0 Å². The number of carbonyl (C=O) groups excluding carboxylic acids is 2. The Morgan fingerprint density at radius 1 is 1.10 bits per heavy atom. The van der Waals surface area contributed by atoms with E-state index < -0.39 is 17.4 Å². The van der Waals surface area contributed by atoms with Gasteiger partial charge in [0.15, 0.2) is 5.82 Å². The number of nitrogens with one attached hydrogen (secondary N) is 2. The first-order valence-electron chi connectivity index (χ1n) is 13.8. The van der Waals surface area contributed by atoms with Crippen molar-refractivity contribution in [2.75, 3.05) is 41.8 Å². The first-order chi connectivity index (χ1) is 19.7. The van der Waals surface area contributed by atoms with Crippen molar-refractivity contribution in [1.29, 1.82) is 0 Å². The van der Waals surface area contributed by atoms with Gasteiger partial charge in [0.2, 0.25) is 11.8 Å². The molecule has 3 amide bonds. The smallest absolute Gasteiger partial charge is 0.323 e. The van der Waals surface area contributed by atoms with Gasteiger partial charge in [-0.3, -0.25) is 9.78 Å². The summed E-state index contributed by atoms with van der Waals surface area (Å²) in [5.41, 5.74) is 1.29. The van der Waals surface area contributed by atoms with Crippen LogP contribution < -0.4 is 20.3 Å². The lowest BCUT2D eigenvalue weighted by molar-refractivity contribution is 0.0540. The number of amides is 3. The van der Waals surface area contributed by atoms with E-state index in [0.717, 1.165) is 19.0 Å². The highest BCUT2D eigenvalue weighted by Crippen LogP contribution is 2.39. The summed E-state index contributed by atoms with van der Waals surface area (Å²) in [6.45, 7) is 7.95.